The molecule has 4 aliphatic rings. The second-order valence-electron chi connectivity index (χ2n) is 12.5. The molecule has 0 unspecified atom stereocenters. The first-order valence-corrected chi connectivity index (χ1v) is 12.1. The zero-order valence-corrected chi connectivity index (χ0v) is 19.1. The van der Waals surface area contributed by atoms with Crippen molar-refractivity contribution in [2.45, 2.75) is 116 Å². The zero-order chi connectivity index (χ0) is 20.4. The Hall–Kier alpha value is -0.340. The second-order valence-corrected chi connectivity index (χ2v) is 12.5. The largest absolute Gasteiger partial charge is 0.390 e. The van der Waals surface area contributed by atoms with Crippen LogP contribution in [0.2, 0.25) is 0 Å². The standard InChI is InChI=1S/C26H44O2/c1-23(2,27)13-6-7-18-9-11-21-20-10-8-19-17-24(3,28)15-16-26(19,5)22(20)12-14-25(18,21)4/h8,18,20-22,27-28H,6-7,9-17H2,1-5H3/t18-,20-,21-,22-,24-,25+,26-/m0/s1. The van der Waals surface area contributed by atoms with Crippen molar-refractivity contribution in [2.75, 3.05) is 0 Å². The van der Waals surface area contributed by atoms with Crippen LogP contribution in [0.5, 0.6) is 0 Å². The zero-order valence-electron chi connectivity index (χ0n) is 19.1. The van der Waals surface area contributed by atoms with Gasteiger partial charge in [-0.15, -0.1) is 0 Å². The van der Waals surface area contributed by atoms with Crippen LogP contribution < -0.4 is 0 Å². The lowest BCUT2D eigenvalue weighted by molar-refractivity contribution is -0.0664. The third-order valence-electron chi connectivity index (χ3n) is 9.92. The Morgan fingerprint density at radius 2 is 1.79 bits per heavy atom. The minimum atomic E-state index is -0.516. The van der Waals surface area contributed by atoms with E-state index in [9.17, 15) is 10.2 Å². The maximum absolute atomic E-state index is 10.6. The van der Waals surface area contributed by atoms with Crippen LogP contribution in [-0.2, 0) is 0 Å². The lowest BCUT2D eigenvalue weighted by atomic mass is 9.46. The summed E-state index contributed by atoms with van der Waals surface area (Å²) in [6.07, 6.45) is 15.8. The molecule has 2 N–H and O–H groups in total. The first-order valence-electron chi connectivity index (χ1n) is 12.1. The van der Waals surface area contributed by atoms with Gasteiger partial charge in [0.05, 0.1) is 11.2 Å². The molecule has 4 aliphatic carbocycles. The predicted molar refractivity (Wildman–Crippen MR) is 116 cm³/mol. The van der Waals surface area contributed by atoms with Crippen LogP contribution >= 0.6 is 0 Å². The quantitative estimate of drug-likeness (QED) is 0.558. The van der Waals surface area contributed by atoms with E-state index in [4.69, 9.17) is 0 Å². The van der Waals surface area contributed by atoms with E-state index >= 15 is 0 Å². The van der Waals surface area contributed by atoms with Crippen molar-refractivity contribution >= 4 is 0 Å². The van der Waals surface area contributed by atoms with Gasteiger partial charge in [-0.3, -0.25) is 0 Å². The fourth-order valence-corrected chi connectivity index (χ4v) is 8.17. The minimum Gasteiger partial charge on any atom is -0.390 e. The van der Waals surface area contributed by atoms with Crippen molar-refractivity contribution in [2.24, 2.45) is 34.5 Å². The minimum absolute atomic E-state index is 0.339. The molecule has 7 atom stereocenters. The molecule has 3 fully saturated rings. The van der Waals surface area contributed by atoms with E-state index in [0.29, 0.717) is 10.8 Å². The molecule has 3 saturated carbocycles. The van der Waals surface area contributed by atoms with Gasteiger partial charge in [-0.2, -0.15) is 0 Å². The smallest absolute Gasteiger partial charge is 0.0657 e. The van der Waals surface area contributed by atoms with Gasteiger partial charge in [0.15, 0.2) is 0 Å². The highest BCUT2D eigenvalue weighted by molar-refractivity contribution is 5.26. The molecule has 28 heavy (non-hydrogen) atoms. The fraction of sp³-hybridized carbons (Fsp3) is 0.923. The number of hydrogen-bond donors (Lipinski definition) is 2. The lowest BCUT2D eigenvalue weighted by Gasteiger charge is -2.59. The average Bonchev–Trinajstić information content (AvgIpc) is 2.91. The Labute approximate surface area is 173 Å². The normalized spacial score (nSPS) is 48.5. The summed E-state index contributed by atoms with van der Waals surface area (Å²) in [6.45, 7) is 11.1. The first kappa shape index (κ1) is 20.9. The third kappa shape index (κ3) is 3.51. The van der Waals surface area contributed by atoms with Crippen LogP contribution in [0.25, 0.3) is 0 Å². The maximum Gasteiger partial charge on any atom is 0.0657 e. The molecule has 0 spiro atoms. The summed E-state index contributed by atoms with van der Waals surface area (Å²) in [4.78, 5) is 0. The van der Waals surface area contributed by atoms with Crippen LogP contribution in [-0.4, -0.2) is 21.4 Å². The number of rotatable bonds is 4. The van der Waals surface area contributed by atoms with Crippen LogP contribution in [0.4, 0.5) is 0 Å². The summed E-state index contributed by atoms with van der Waals surface area (Å²) in [6, 6.07) is 0. The Balaban J connectivity index is 1.49. The lowest BCUT2D eigenvalue weighted by Crippen LogP contribution is -2.51. The van der Waals surface area contributed by atoms with Gasteiger partial charge >= 0.3 is 0 Å². The Morgan fingerprint density at radius 1 is 1.04 bits per heavy atom. The molecule has 160 valence electrons. The summed E-state index contributed by atoms with van der Waals surface area (Å²) >= 11 is 0. The predicted octanol–water partition coefficient (Wildman–Crippen LogP) is 6.26. The van der Waals surface area contributed by atoms with Crippen LogP contribution in [0, 0.1) is 34.5 Å². The van der Waals surface area contributed by atoms with Crippen LogP contribution in [0.1, 0.15) is 105 Å². The topological polar surface area (TPSA) is 40.5 Å². The molecular formula is C26H44O2. The first-order chi connectivity index (χ1) is 12.9. The van der Waals surface area contributed by atoms with Crippen molar-refractivity contribution in [1.29, 1.82) is 0 Å². The molecule has 2 nitrogen and oxygen atoms in total. The summed E-state index contributed by atoms with van der Waals surface area (Å²) in [5.41, 5.74) is 1.43. The molecule has 0 saturated heterocycles. The van der Waals surface area contributed by atoms with Gasteiger partial charge in [-0.1, -0.05) is 31.9 Å². The maximum atomic E-state index is 10.6. The van der Waals surface area contributed by atoms with Gasteiger partial charge in [-0.25, -0.2) is 0 Å². The van der Waals surface area contributed by atoms with E-state index in [1.807, 2.05) is 20.8 Å². The molecule has 0 radical (unpaired) electrons. The van der Waals surface area contributed by atoms with E-state index < -0.39 is 11.2 Å². The van der Waals surface area contributed by atoms with Crippen molar-refractivity contribution in [3.05, 3.63) is 11.6 Å². The highest BCUT2D eigenvalue weighted by Crippen LogP contribution is 2.67. The van der Waals surface area contributed by atoms with Crippen molar-refractivity contribution in [1.82, 2.24) is 0 Å². The van der Waals surface area contributed by atoms with Gasteiger partial charge in [0.2, 0.25) is 0 Å². The number of fused-ring (bicyclic) bond motifs is 5. The van der Waals surface area contributed by atoms with Gasteiger partial charge < -0.3 is 10.2 Å². The van der Waals surface area contributed by atoms with Crippen molar-refractivity contribution in [3.63, 3.8) is 0 Å². The Kier molecular flexibility index (Phi) is 5.11. The van der Waals surface area contributed by atoms with E-state index in [0.717, 1.165) is 42.9 Å². The van der Waals surface area contributed by atoms with Gasteiger partial charge in [0.1, 0.15) is 0 Å². The molecular weight excluding hydrogens is 344 g/mol. The van der Waals surface area contributed by atoms with Gasteiger partial charge in [0, 0.05) is 0 Å². The SMILES string of the molecule is CC(C)(O)CCC[C@H]1CC[C@H]2[C@@H]3CC=C4C[C@@](C)(O)CC[C@]4(C)[C@H]3CC[C@]12C. The molecule has 0 heterocycles. The Morgan fingerprint density at radius 3 is 2.50 bits per heavy atom. The van der Waals surface area contributed by atoms with E-state index in [-0.39, 0.29) is 0 Å². The van der Waals surface area contributed by atoms with Gasteiger partial charge in [-0.05, 0) is 119 Å². The average molecular weight is 389 g/mol. The Bertz CT molecular complexity index is 627. The number of allylic oxidation sites excluding steroid dienone is 1. The number of aliphatic hydroxyl groups is 2. The molecule has 0 aromatic rings. The van der Waals surface area contributed by atoms with Crippen molar-refractivity contribution in [3.8, 4) is 0 Å². The summed E-state index contributed by atoms with van der Waals surface area (Å²) in [5.74, 6) is 3.42. The summed E-state index contributed by atoms with van der Waals surface area (Å²) in [7, 11) is 0. The third-order valence-corrected chi connectivity index (χ3v) is 9.92. The molecule has 0 bridgehead atoms. The van der Waals surface area contributed by atoms with E-state index in [1.165, 1.54) is 51.4 Å². The molecule has 2 heteroatoms. The molecule has 0 aliphatic heterocycles. The molecule has 0 aromatic heterocycles. The molecule has 0 aromatic carbocycles. The highest BCUT2D eigenvalue weighted by atomic mass is 16.3. The van der Waals surface area contributed by atoms with Crippen LogP contribution in [0.15, 0.2) is 11.6 Å². The number of hydrogen-bond acceptors (Lipinski definition) is 2. The second kappa shape index (κ2) is 6.84. The summed E-state index contributed by atoms with van der Waals surface area (Å²) < 4.78 is 0. The summed E-state index contributed by atoms with van der Waals surface area (Å²) in [5, 5.41) is 20.7. The molecule has 4 rings (SSSR count). The van der Waals surface area contributed by atoms with Crippen molar-refractivity contribution < 1.29 is 10.2 Å². The van der Waals surface area contributed by atoms with E-state index in [1.54, 1.807) is 5.57 Å². The highest BCUT2D eigenvalue weighted by Gasteiger charge is 2.58. The monoisotopic (exact) mass is 388 g/mol. The van der Waals surface area contributed by atoms with Crippen LogP contribution in [0.3, 0.4) is 0 Å². The van der Waals surface area contributed by atoms with E-state index in [2.05, 4.69) is 19.9 Å². The molecule has 0 amide bonds. The fourth-order valence-electron chi connectivity index (χ4n) is 8.17. The van der Waals surface area contributed by atoms with Gasteiger partial charge in [0.25, 0.3) is 0 Å².